The van der Waals surface area contributed by atoms with E-state index in [1.54, 1.807) is 61.5 Å². The number of nitrogens with one attached hydrogen (secondary N) is 1. The van der Waals surface area contributed by atoms with Crippen molar-refractivity contribution < 1.29 is 22.7 Å². The Bertz CT molecular complexity index is 1460. The smallest absolute Gasteiger partial charge is 0.264 e. The van der Waals surface area contributed by atoms with Crippen LogP contribution in [0.1, 0.15) is 38.2 Å². The second-order valence-electron chi connectivity index (χ2n) is 9.95. The van der Waals surface area contributed by atoms with E-state index in [9.17, 15) is 18.0 Å². The summed E-state index contributed by atoms with van der Waals surface area (Å²) >= 11 is 12.3. The first-order valence-corrected chi connectivity index (χ1v) is 15.6. The summed E-state index contributed by atoms with van der Waals surface area (Å²) in [5, 5.41) is 3.85. The standard InChI is InChI=1S/C30H33Cl2N3O5S/c1-21(30(37)33-25-8-6-7-9-25)34(19-22-12-14-23(31)15-13-22)29(36)20-35(27-18-24(32)16-17-28(27)40-2)41(38,39)26-10-4-3-5-11-26/h3-5,10-18,21,25H,6-9,19-20H2,1-2H3,(H,33,37)/t21-/m1/s1. The molecule has 0 heterocycles. The van der Waals surface area contributed by atoms with E-state index in [1.807, 2.05) is 0 Å². The molecule has 0 aliphatic heterocycles. The number of rotatable bonds is 11. The monoisotopic (exact) mass is 617 g/mol. The minimum atomic E-state index is -4.25. The van der Waals surface area contributed by atoms with Gasteiger partial charge in [0.2, 0.25) is 11.8 Å². The highest BCUT2D eigenvalue weighted by Gasteiger charge is 2.34. The van der Waals surface area contributed by atoms with Crippen molar-refractivity contribution in [3.05, 3.63) is 88.4 Å². The van der Waals surface area contributed by atoms with Gasteiger partial charge in [0, 0.05) is 22.6 Å². The maximum atomic E-state index is 14.1. The molecule has 1 fully saturated rings. The van der Waals surface area contributed by atoms with Crippen molar-refractivity contribution in [2.75, 3.05) is 18.0 Å². The molecule has 1 aliphatic rings. The first-order chi connectivity index (χ1) is 19.6. The molecule has 0 aromatic heterocycles. The molecule has 2 amide bonds. The van der Waals surface area contributed by atoms with E-state index in [0.717, 1.165) is 35.6 Å². The molecule has 8 nitrogen and oxygen atoms in total. The minimum absolute atomic E-state index is 0.00824. The number of amides is 2. The second kappa shape index (κ2) is 13.6. The fraction of sp³-hybridized carbons (Fsp3) is 0.333. The van der Waals surface area contributed by atoms with Crippen LogP contribution in [0.4, 0.5) is 5.69 Å². The van der Waals surface area contributed by atoms with Gasteiger partial charge in [-0.05, 0) is 67.8 Å². The van der Waals surface area contributed by atoms with Crippen molar-refractivity contribution in [2.24, 2.45) is 0 Å². The summed E-state index contributed by atoms with van der Waals surface area (Å²) in [6, 6.07) is 18.5. The zero-order valence-corrected chi connectivity index (χ0v) is 25.3. The van der Waals surface area contributed by atoms with Crippen LogP contribution in [0.15, 0.2) is 77.7 Å². The number of carbonyl (C=O) groups excluding carboxylic acids is 2. The van der Waals surface area contributed by atoms with Gasteiger partial charge in [-0.3, -0.25) is 13.9 Å². The summed E-state index contributed by atoms with van der Waals surface area (Å²) < 4.78 is 34.4. The van der Waals surface area contributed by atoms with Crippen molar-refractivity contribution in [3.63, 3.8) is 0 Å². The maximum absolute atomic E-state index is 14.1. The number of carbonyl (C=O) groups is 2. The largest absolute Gasteiger partial charge is 0.495 e. The van der Waals surface area contributed by atoms with Crippen molar-refractivity contribution in [3.8, 4) is 5.75 Å². The third-order valence-corrected chi connectivity index (χ3v) is 9.42. The zero-order valence-electron chi connectivity index (χ0n) is 22.9. The van der Waals surface area contributed by atoms with Crippen LogP contribution in [-0.4, -0.2) is 50.9 Å². The first kappa shape index (κ1) is 30.7. The molecule has 1 saturated carbocycles. The van der Waals surface area contributed by atoms with Gasteiger partial charge in [-0.15, -0.1) is 0 Å². The van der Waals surface area contributed by atoms with Gasteiger partial charge in [0.25, 0.3) is 10.0 Å². The summed E-state index contributed by atoms with van der Waals surface area (Å²) in [4.78, 5) is 28.8. The van der Waals surface area contributed by atoms with Gasteiger partial charge in [-0.2, -0.15) is 0 Å². The van der Waals surface area contributed by atoms with Crippen LogP contribution in [-0.2, 0) is 26.2 Å². The number of anilines is 1. The van der Waals surface area contributed by atoms with Crippen LogP contribution in [0, 0.1) is 0 Å². The van der Waals surface area contributed by atoms with E-state index in [1.165, 1.54) is 30.2 Å². The second-order valence-corrected chi connectivity index (χ2v) is 12.7. The molecular formula is C30H33Cl2N3O5S. The van der Waals surface area contributed by atoms with Crippen molar-refractivity contribution in [1.82, 2.24) is 10.2 Å². The Morgan fingerprint density at radius 3 is 2.24 bits per heavy atom. The molecule has 41 heavy (non-hydrogen) atoms. The van der Waals surface area contributed by atoms with Gasteiger partial charge in [0.15, 0.2) is 0 Å². The zero-order chi connectivity index (χ0) is 29.6. The molecule has 0 bridgehead atoms. The SMILES string of the molecule is COc1ccc(Cl)cc1N(CC(=O)N(Cc1ccc(Cl)cc1)[C@H](C)C(=O)NC1CCCC1)S(=O)(=O)c1ccccc1. The molecule has 0 radical (unpaired) electrons. The van der Waals surface area contributed by atoms with Crippen LogP contribution >= 0.6 is 23.2 Å². The molecule has 11 heteroatoms. The van der Waals surface area contributed by atoms with Crippen LogP contribution in [0.25, 0.3) is 0 Å². The first-order valence-electron chi connectivity index (χ1n) is 13.4. The van der Waals surface area contributed by atoms with E-state index in [2.05, 4.69) is 5.32 Å². The van der Waals surface area contributed by atoms with E-state index >= 15 is 0 Å². The Labute approximate surface area is 251 Å². The van der Waals surface area contributed by atoms with Gasteiger partial charge in [0.05, 0.1) is 17.7 Å². The molecule has 0 spiro atoms. The van der Waals surface area contributed by atoms with Crippen LogP contribution in [0.5, 0.6) is 5.75 Å². The fourth-order valence-electron chi connectivity index (χ4n) is 4.85. The van der Waals surface area contributed by atoms with Gasteiger partial charge in [0.1, 0.15) is 18.3 Å². The van der Waals surface area contributed by atoms with Gasteiger partial charge >= 0.3 is 0 Å². The summed E-state index contributed by atoms with van der Waals surface area (Å²) in [7, 11) is -2.84. The van der Waals surface area contributed by atoms with Crippen molar-refractivity contribution >= 4 is 50.7 Å². The quantitative estimate of drug-likeness (QED) is 0.299. The molecule has 1 atom stereocenters. The van der Waals surface area contributed by atoms with E-state index in [0.29, 0.717) is 5.02 Å². The van der Waals surface area contributed by atoms with Gasteiger partial charge in [-0.25, -0.2) is 8.42 Å². The molecule has 1 aliphatic carbocycles. The number of ether oxygens (including phenoxy) is 1. The third-order valence-electron chi connectivity index (χ3n) is 7.15. The number of nitrogens with zero attached hydrogens (tertiary/aromatic N) is 2. The summed E-state index contributed by atoms with van der Waals surface area (Å²) in [5.74, 6) is -0.648. The molecule has 3 aromatic carbocycles. The summed E-state index contributed by atoms with van der Waals surface area (Å²) in [6.07, 6.45) is 3.86. The Kier molecular flexibility index (Phi) is 10.2. The van der Waals surface area contributed by atoms with Gasteiger partial charge in [-0.1, -0.05) is 66.4 Å². The number of benzene rings is 3. The number of hydrogen-bond donors (Lipinski definition) is 1. The van der Waals surface area contributed by atoms with Crippen molar-refractivity contribution in [2.45, 2.75) is 56.1 Å². The van der Waals surface area contributed by atoms with Crippen LogP contribution < -0.4 is 14.4 Å². The molecule has 4 rings (SSSR count). The predicted molar refractivity (Wildman–Crippen MR) is 161 cm³/mol. The topological polar surface area (TPSA) is 96.0 Å². The van der Waals surface area contributed by atoms with Crippen LogP contribution in [0.2, 0.25) is 10.0 Å². The molecule has 218 valence electrons. The number of halogens is 2. The number of sulfonamides is 1. The van der Waals surface area contributed by atoms with Crippen molar-refractivity contribution in [1.29, 1.82) is 0 Å². The Morgan fingerprint density at radius 1 is 0.976 bits per heavy atom. The highest BCUT2D eigenvalue weighted by atomic mass is 35.5. The fourth-order valence-corrected chi connectivity index (χ4v) is 6.58. The lowest BCUT2D eigenvalue weighted by molar-refractivity contribution is -0.139. The predicted octanol–water partition coefficient (Wildman–Crippen LogP) is 5.67. The highest BCUT2D eigenvalue weighted by Crippen LogP contribution is 2.35. The lowest BCUT2D eigenvalue weighted by Crippen LogP contribution is -2.52. The average Bonchev–Trinajstić information content (AvgIpc) is 3.48. The van der Waals surface area contributed by atoms with E-state index in [-0.39, 0.29) is 39.8 Å². The lowest BCUT2D eigenvalue weighted by Gasteiger charge is -2.33. The average molecular weight is 619 g/mol. The summed E-state index contributed by atoms with van der Waals surface area (Å²) in [5.41, 5.74) is 0.841. The highest BCUT2D eigenvalue weighted by molar-refractivity contribution is 7.92. The third kappa shape index (κ3) is 7.52. The number of methoxy groups -OCH3 is 1. The number of hydrogen-bond acceptors (Lipinski definition) is 5. The molecule has 1 N–H and O–H groups in total. The van der Waals surface area contributed by atoms with Gasteiger partial charge < -0.3 is 15.0 Å². The van der Waals surface area contributed by atoms with Crippen LogP contribution in [0.3, 0.4) is 0 Å². The normalized spacial score (nSPS) is 14.3. The Hall–Kier alpha value is -3.27. The maximum Gasteiger partial charge on any atom is 0.264 e. The minimum Gasteiger partial charge on any atom is -0.495 e. The molecule has 0 saturated heterocycles. The van der Waals surface area contributed by atoms with E-state index in [4.69, 9.17) is 27.9 Å². The lowest BCUT2D eigenvalue weighted by atomic mass is 10.1. The molecular weight excluding hydrogens is 585 g/mol. The van der Waals surface area contributed by atoms with E-state index < -0.39 is 28.5 Å². The Morgan fingerprint density at radius 2 is 1.61 bits per heavy atom. The Balaban J connectivity index is 1.72. The molecule has 3 aromatic rings. The molecule has 0 unspecified atom stereocenters. The summed E-state index contributed by atoms with van der Waals surface area (Å²) in [6.45, 7) is 1.12.